The fourth-order valence-electron chi connectivity index (χ4n) is 2.18. The lowest BCUT2D eigenvalue weighted by Gasteiger charge is -2.20. The summed E-state index contributed by atoms with van der Waals surface area (Å²) in [7, 11) is 0. The number of hydrogen-bond donors (Lipinski definition) is 1. The van der Waals surface area contributed by atoms with Gasteiger partial charge in [0.15, 0.2) is 0 Å². The number of halogens is 1. The van der Waals surface area contributed by atoms with Crippen LogP contribution in [0.4, 0.5) is 11.4 Å². The molecule has 6 heteroatoms. The molecule has 0 amide bonds. The lowest BCUT2D eigenvalue weighted by atomic mass is 10.2. The maximum Gasteiger partial charge on any atom is 0.269 e. The van der Waals surface area contributed by atoms with E-state index in [0.717, 1.165) is 28.8 Å². The summed E-state index contributed by atoms with van der Waals surface area (Å²) in [5, 5.41) is 4.25. The topological polar surface area (TPSA) is 64.2 Å². The molecule has 2 aromatic rings. The molecule has 21 heavy (non-hydrogen) atoms. The lowest BCUT2D eigenvalue weighted by molar-refractivity contribution is 0.637. The van der Waals surface area contributed by atoms with E-state index in [-0.39, 0.29) is 5.56 Å². The van der Waals surface area contributed by atoms with Crippen LogP contribution in [0.1, 0.15) is 19.4 Å². The van der Waals surface area contributed by atoms with Crippen molar-refractivity contribution in [3.8, 4) is 0 Å². The van der Waals surface area contributed by atoms with Crippen molar-refractivity contribution in [1.82, 2.24) is 9.78 Å². The minimum Gasteiger partial charge on any atom is -0.398 e. The average molecular weight is 351 g/mol. The Morgan fingerprint density at radius 2 is 2.00 bits per heavy atom. The van der Waals surface area contributed by atoms with E-state index in [1.807, 2.05) is 18.2 Å². The van der Waals surface area contributed by atoms with Crippen molar-refractivity contribution in [2.45, 2.75) is 20.4 Å². The van der Waals surface area contributed by atoms with Gasteiger partial charge in [-0.15, -0.1) is 0 Å². The van der Waals surface area contributed by atoms with Crippen molar-refractivity contribution < 1.29 is 0 Å². The van der Waals surface area contributed by atoms with E-state index >= 15 is 0 Å². The van der Waals surface area contributed by atoms with Gasteiger partial charge in [0.05, 0.1) is 18.4 Å². The zero-order valence-electron chi connectivity index (χ0n) is 12.2. The Morgan fingerprint density at radius 1 is 1.29 bits per heavy atom. The fraction of sp³-hybridized carbons (Fsp3) is 0.333. The van der Waals surface area contributed by atoms with E-state index in [2.05, 4.69) is 39.8 Å². The molecule has 5 nitrogen and oxygen atoms in total. The highest BCUT2D eigenvalue weighted by molar-refractivity contribution is 9.10. The van der Waals surface area contributed by atoms with Crippen LogP contribution in [0.2, 0.25) is 0 Å². The summed E-state index contributed by atoms with van der Waals surface area (Å²) in [6.07, 6.45) is 1.73. The third kappa shape index (κ3) is 3.64. The molecule has 0 unspecified atom stereocenters. The van der Waals surface area contributed by atoms with Gasteiger partial charge >= 0.3 is 0 Å². The lowest BCUT2D eigenvalue weighted by Crippen LogP contribution is -2.28. The van der Waals surface area contributed by atoms with Crippen LogP contribution in [-0.4, -0.2) is 22.9 Å². The molecular formula is C15H19BrN4O. The Morgan fingerprint density at radius 3 is 2.57 bits per heavy atom. The van der Waals surface area contributed by atoms with Crippen molar-refractivity contribution in [1.29, 1.82) is 0 Å². The van der Waals surface area contributed by atoms with Crippen LogP contribution in [0.15, 0.2) is 39.7 Å². The van der Waals surface area contributed by atoms with Crippen LogP contribution in [0, 0.1) is 0 Å². The van der Waals surface area contributed by atoms with Gasteiger partial charge < -0.3 is 10.6 Å². The monoisotopic (exact) mass is 350 g/mol. The molecule has 0 spiro atoms. The van der Waals surface area contributed by atoms with Crippen molar-refractivity contribution in [2.75, 3.05) is 23.7 Å². The van der Waals surface area contributed by atoms with E-state index in [0.29, 0.717) is 12.2 Å². The molecule has 0 aliphatic heterocycles. The molecular weight excluding hydrogens is 332 g/mol. The highest BCUT2D eigenvalue weighted by Gasteiger charge is 2.07. The van der Waals surface area contributed by atoms with Gasteiger partial charge in [-0.1, -0.05) is 22.0 Å². The summed E-state index contributed by atoms with van der Waals surface area (Å²) in [6.45, 7) is 6.17. The molecule has 112 valence electrons. The van der Waals surface area contributed by atoms with Gasteiger partial charge in [-0.3, -0.25) is 4.79 Å². The van der Waals surface area contributed by atoms with Crippen LogP contribution in [0.25, 0.3) is 0 Å². The molecule has 0 radical (unpaired) electrons. The van der Waals surface area contributed by atoms with Gasteiger partial charge in [-0.2, -0.15) is 5.10 Å². The normalized spacial score (nSPS) is 10.6. The highest BCUT2D eigenvalue weighted by Crippen LogP contribution is 2.19. The summed E-state index contributed by atoms with van der Waals surface area (Å²) >= 11 is 3.37. The number of rotatable bonds is 5. The number of hydrogen-bond acceptors (Lipinski definition) is 4. The van der Waals surface area contributed by atoms with Gasteiger partial charge in [0.1, 0.15) is 0 Å². The van der Waals surface area contributed by atoms with E-state index in [4.69, 9.17) is 5.73 Å². The number of nitrogens with zero attached hydrogens (tertiary/aromatic N) is 3. The van der Waals surface area contributed by atoms with Crippen LogP contribution < -0.4 is 16.2 Å². The third-order valence-corrected chi connectivity index (χ3v) is 3.91. The van der Waals surface area contributed by atoms with E-state index < -0.39 is 0 Å². The SMILES string of the molecule is CCN(CC)c1cnn(Cc2ccc(Br)cc2N)c(=O)c1. The third-order valence-electron chi connectivity index (χ3n) is 3.41. The first-order valence-corrected chi connectivity index (χ1v) is 7.70. The Labute approximate surface area is 132 Å². The first kappa shape index (κ1) is 15.6. The summed E-state index contributed by atoms with van der Waals surface area (Å²) in [5.41, 5.74) is 8.21. The number of nitrogen functional groups attached to an aromatic ring is 1. The van der Waals surface area contributed by atoms with Gasteiger partial charge in [-0.05, 0) is 31.5 Å². The van der Waals surface area contributed by atoms with Crippen LogP contribution in [-0.2, 0) is 6.54 Å². The van der Waals surface area contributed by atoms with Crippen molar-refractivity contribution in [3.05, 3.63) is 50.9 Å². The summed E-state index contributed by atoms with van der Waals surface area (Å²) in [5.74, 6) is 0. The zero-order valence-corrected chi connectivity index (χ0v) is 13.8. The Balaban J connectivity index is 2.27. The second-order valence-corrected chi connectivity index (χ2v) is 5.64. The largest absolute Gasteiger partial charge is 0.398 e. The van der Waals surface area contributed by atoms with E-state index in [9.17, 15) is 4.79 Å². The van der Waals surface area contributed by atoms with E-state index in [1.54, 1.807) is 12.3 Å². The number of aromatic nitrogens is 2. The minimum atomic E-state index is -0.123. The van der Waals surface area contributed by atoms with Crippen molar-refractivity contribution in [3.63, 3.8) is 0 Å². The number of anilines is 2. The van der Waals surface area contributed by atoms with Gasteiger partial charge in [0.2, 0.25) is 0 Å². The van der Waals surface area contributed by atoms with Crippen LogP contribution in [0.3, 0.4) is 0 Å². The Hall–Kier alpha value is -1.82. The zero-order chi connectivity index (χ0) is 15.4. The Bertz CT molecular complexity index is 680. The number of nitrogens with two attached hydrogens (primary N) is 1. The highest BCUT2D eigenvalue weighted by atomic mass is 79.9. The Kier molecular flexibility index (Phi) is 5.01. The first-order valence-electron chi connectivity index (χ1n) is 6.91. The first-order chi connectivity index (χ1) is 10.0. The minimum absolute atomic E-state index is 0.123. The average Bonchev–Trinajstić information content (AvgIpc) is 2.45. The van der Waals surface area contributed by atoms with E-state index in [1.165, 1.54) is 4.68 Å². The number of benzene rings is 1. The maximum atomic E-state index is 12.2. The fourth-order valence-corrected chi connectivity index (χ4v) is 2.55. The van der Waals surface area contributed by atoms with Crippen molar-refractivity contribution in [2.24, 2.45) is 0 Å². The van der Waals surface area contributed by atoms with Gasteiger partial charge in [0, 0.05) is 29.3 Å². The predicted molar refractivity (Wildman–Crippen MR) is 89.7 cm³/mol. The second kappa shape index (κ2) is 6.76. The van der Waals surface area contributed by atoms with Gasteiger partial charge in [-0.25, -0.2) is 4.68 Å². The predicted octanol–water partition coefficient (Wildman–Crippen LogP) is 2.48. The molecule has 0 aliphatic carbocycles. The van der Waals surface area contributed by atoms with Crippen molar-refractivity contribution >= 4 is 27.3 Å². The molecule has 0 saturated carbocycles. The molecule has 0 bridgehead atoms. The molecule has 0 aliphatic rings. The van der Waals surface area contributed by atoms with Gasteiger partial charge in [0.25, 0.3) is 5.56 Å². The molecule has 0 atom stereocenters. The molecule has 1 heterocycles. The molecule has 1 aromatic carbocycles. The standard InChI is InChI=1S/C15H19BrN4O/c1-3-19(4-2)13-8-15(21)20(18-9-13)10-11-5-6-12(16)7-14(11)17/h5-9H,3-4,10,17H2,1-2H3. The quantitative estimate of drug-likeness (QED) is 0.841. The molecule has 1 aromatic heterocycles. The summed E-state index contributed by atoms with van der Waals surface area (Å²) < 4.78 is 2.34. The van der Waals surface area contributed by atoms with Crippen LogP contribution in [0.5, 0.6) is 0 Å². The maximum absolute atomic E-state index is 12.2. The van der Waals surface area contributed by atoms with Crippen LogP contribution >= 0.6 is 15.9 Å². The second-order valence-electron chi connectivity index (χ2n) is 4.73. The summed E-state index contributed by atoms with van der Waals surface area (Å²) in [4.78, 5) is 14.3. The smallest absolute Gasteiger partial charge is 0.269 e. The molecule has 0 saturated heterocycles. The summed E-state index contributed by atoms with van der Waals surface area (Å²) in [6, 6.07) is 7.24. The molecule has 2 rings (SSSR count). The molecule has 0 fully saturated rings. The molecule has 2 N–H and O–H groups in total.